The minimum atomic E-state index is -1.43. The molecule has 0 amide bonds. The summed E-state index contributed by atoms with van der Waals surface area (Å²) < 4.78 is 17.7. The van der Waals surface area contributed by atoms with Gasteiger partial charge in [0.25, 0.3) is 0 Å². The van der Waals surface area contributed by atoms with E-state index in [-0.39, 0.29) is 61.5 Å². The summed E-state index contributed by atoms with van der Waals surface area (Å²) in [5.74, 6) is -1.43. The zero-order valence-corrected chi connectivity index (χ0v) is 19.1. The van der Waals surface area contributed by atoms with Gasteiger partial charge < -0.3 is 4.57 Å². The fraction of sp³-hybridized carbons (Fsp3) is 0.667. The van der Waals surface area contributed by atoms with E-state index in [0.29, 0.717) is 0 Å². The third kappa shape index (κ3) is 2.69. The van der Waals surface area contributed by atoms with Crippen LogP contribution < -0.4 is 51.4 Å². The molecule has 2 atom stereocenters. The van der Waals surface area contributed by atoms with E-state index >= 15 is 4.39 Å². The van der Waals surface area contributed by atoms with Crippen LogP contribution in [0, 0.1) is 26.8 Å². The van der Waals surface area contributed by atoms with E-state index in [1.54, 1.807) is 6.92 Å². The molecule has 1 aromatic rings. The van der Waals surface area contributed by atoms with E-state index in [0.717, 1.165) is 11.3 Å². The Balaban J connectivity index is 0.00000200. The van der Waals surface area contributed by atoms with Gasteiger partial charge in [-0.2, -0.15) is 0 Å². The second-order valence-electron chi connectivity index (χ2n) is 5.95. The molecule has 0 bridgehead atoms. The van der Waals surface area contributed by atoms with Crippen molar-refractivity contribution in [3.63, 3.8) is 0 Å². The molecule has 0 aliphatic carbocycles. The molecule has 0 fully saturated rings. The minimum Gasteiger partial charge on any atom is -0.477 e. The van der Waals surface area contributed by atoms with Gasteiger partial charge in [-0.05, 0) is 26.5 Å². The van der Waals surface area contributed by atoms with E-state index in [2.05, 4.69) is 61.8 Å². The van der Waals surface area contributed by atoms with Crippen LogP contribution in [0.4, 0.5) is 4.39 Å². The number of rotatable bonds is 1. The van der Waals surface area contributed by atoms with Crippen LogP contribution in [0.25, 0.3) is 0 Å². The van der Waals surface area contributed by atoms with Gasteiger partial charge in [0, 0.05) is 6.04 Å². The number of hydrogen-bond donors (Lipinski definition) is 0. The van der Waals surface area contributed by atoms with Crippen LogP contribution in [-0.4, -0.2) is 19.6 Å². The summed E-state index contributed by atoms with van der Waals surface area (Å²) in [6.07, 6.45) is 0. The van der Waals surface area contributed by atoms with Crippen molar-refractivity contribution in [1.82, 2.24) is 9.47 Å². The first kappa shape index (κ1) is 19.5. The Morgan fingerprint density at radius 2 is 1.75 bits per heavy atom. The molecule has 2 heterocycles. The summed E-state index contributed by atoms with van der Waals surface area (Å²) in [6.45, 7) is 14.1. The summed E-state index contributed by atoms with van der Waals surface area (Å²) in [7, 11) is 0. The molecule has 0 spiro atoms. The van der Waals surface area contributed by atoms with Crippen molar-refractivity contribution in [3.05, 3.63) is 28.6 Å². The molecule has 5 heteroatoms. The first-order valence-corrected chi connectivity index (χ1v) is 8.01. The number of aromatic nitrogens is 1. The fourth-order valence-corrected chi connectivity index (χ4v) is 4.77. The number of hydrogen-bond acceptors (Lipinski definition) is 1. The summed E-state index contributed by atoms with van der Waals surface area (Å²) in [5, 5.41) is 0. The van der Waals surface area contributed by atoms with Crippen molar-refractivity contribution in [2.24, 2.45) is 0 Å². The molecule has 20 heavy (non-hydrogen) atoms. The molecule has 2 rings (SSSR count). The van der Waals surface area contributed by atoms with Crippen molar-refractivity contribution in [1.29, 1.82) is 0 Å². The second kappa shape index (κ2) is 6.49. The molecule has 0 aromatic carbocycles. The van der Waals surface area contributed by atoms with Gasteiger partial charge in [-0.25, -0.2) is 4.39 Å². The van der Waals surface area contributed by atoms with E-state index in [9.17, 15) is 0 Å². The van der Waals surface area contributed by atoms with Gasteiger partial charge in [0.15, 0.2) is 5.79 Å². The largest absolute Gasteiger partial charge is 1.00 e. The van der Waals surface area contributed by atoms with Crippen LogP contribution in [-0.2, 0) is 5.79 Å². The molecule has 1 aliphatic heterocycles. The third-order valence-corrected chi connectivity index (χ3v) is 5.94. The summed E-state index contributed by atoms with van der Waals surface area (Å²) in [6, 6.07) is 1.36. The van der Waals surface area contributed by atoms with Crippen LogP contribution >= 0.6 is 22.6 Å². The summed E-state index contributed by atoms with van der Waals surface area (Å²) >= 11 is 2.35. The van der Waals surface area contributed by atoms with Crippen LogP contribution in [0.3, 0.4) is 0 Å². The zero-order valence-electron chi connectivity index (χ0n) is 13.8. The van der Waals surface area contributed by atoms with E-state index in [1.165, 1.54) is 17.3 Å². The van der Waals surface area contributed by atoms with Crippen molar-refractivity contribution in [3.8, 4) is 0 Å². The van der Waals surface area contributed by atoms with Crippen LogP contribution in [0.2, 0.25) is 0 Å². The average molecular weight is 416 g/mol. The van der Waals surface area contributed by atoms with Crippen LogP contribution in [0.15, 0.2) is 0 Å². The SMILES string of the molecule is Cc1c(C)c2n(c1C)[C-](C)C(I)N(C(C)C)C2(C)F.[K+]. The molecule has 1 aromatic heterocycles. The van der Waals surface area contributed by atoms with E-state index in [1.807, 2.05) is 11.8 Å². The van der Waals surface area contributed by atoms with Crippen molar-refractivity contribution in [2.75, 3.05) is 0 Å². The maximum Gasteiger partial charge on any atom is 1.00 e. The second-order valence-corrected chi connectivity index (χ2v) is 7.13. The molecule has 0 saturated carbocycles. The Labute approximate surface area is 178 Å². The van der Waals surface area contributed by atoms with Crippen molar-refractivity contribution in [2.45, 2.75) is 64.3 Å². The van der Waals surface area contributed by atoms with Gasteiger partial charge in [-0.1, -0.05) is 73.1 Å². The Bertz CT molecular complexity index is 510. The molecule has 1 aliphatic rings. The zero-order chi connectivity index (χ0) is 14.7. The van der Waals surface area contributed by atoms with Crippen LogP contribution in [0.5, 0.6) is 0 Å². The monoisotopic (exact) mass is 416 g/mol. The van der Waals surface area contributed by atoms with Gasteiger partial charge in [0.05, 0.1) is 4.05 Å². The Kier molecular flexibility index (Phi) is 6.31. The van der Waals surface area contributed by atoms with Gasteiger partial charge in [-0.3, -0.25) is 4.90 Å². The molecular formula is C15H23FIKN2. The predicted molar refractivity (Wildman–Crippen MR) is 86.2 cm³/mol. The Morgan fingerprint density at radius 1 is 1.25 bits per heavy atom. The first-order chi connectivity index (χ1) is 8.62. The summed E-state index contributed by atoms with van der Waals surface area (Å²) in [5.41, 5.74) is 4.25. The molecule has 2 nitrogen and oxygen atoms in total. The molecular weight excluding hydrogens is 393 g/mol. The molecule has 0 saturated heterocycles. The van der Waals surface area contributed by atoms with E-state index in [4.69, 9.17) is 0 Å². The summed E-state index contributed by atoms with van der Waals surface area (Å²) in [4.78, 5) is 1.96. The topological polar surface area (TPSA) is 8.17 Å². The average Bonchev–Trinajstić information content (AvgIpc) is 2.51. The number of alkyl halides is 2. The number of nitrogens with zero attached hydrogens (tertiary/aromatic N) is 2. The third-order valence-electron chi connectivity index (χ3n) is 4.43. The predicted octanol–water partition coefficient (Wildman–Crippen LogP) is 1.44. The smallest absolute Gasteiger partial charge is 0.477 e. The van der Waals surface area contributed by atoms with E-state index < -0.39 is 5.79 Å². The standard InChI is InChI=1S/C15H23FIN2.K/c1-8(2)19-14(17)12(6)18-11(5)9(3)10(4)13(18)15(19,7)16;/h8,14H,1-7H3;/q-1;+1. The normalized spacial score (nSPS) is 26.7. The van der Waals surface area contributed by atoms with Gasteiger partial charge in [-0.15, -0.1) is 0 Å². The maximum atomic E-state index is 15.5. The van der Waals surface area contributed by atoms with Gasteiger partial charge in [0.1, 0.15) is 0 Å². The minimum absolute atomic E-state index is 0. The van der Waals surface area contributed by atoms with Crippen LogP contribution in [0.1, 0.15) is 50.2 Å². The Morgan fingerprint density at radius 3 is 2.20 bits per heavy atom. The molecule has 0 N–H and O–H groups in total. The first-order valence-electron chi connectivity index (χ1n) is 6.76. The number of halogens is 2. The quantitative estimate of drug-likeness (QED) is 0.221. The van der Waals surface area contributed by atoms with Gasteiger partial charge >= 0.3 is 51.4 Å². The number of fused-ring (bicyclic) bond motifs is 1. The molecule has 2 unspecified atom stereocenters. The molecule has 108 valence electrons. The van der Waals surface area contributed by atoms with Crippen molar-refractivity contribution < 1.29 is 55.8 Å². The molecule has 0 radical (unpaired) electrons. The fourth-order valence-electron chi connectivity index (χ4n) is 3.33. The Hall–Kier alpha value is 1.41. The van der Waals surface area contributed by atoms with Gasteiger partial charge in [0.2, 0.25) is 0 Å². The van der Waals surface area contributed by atoms with Crippen molar-refractivity contribution >= 4 is 22.6 Å². The maximum absolute atomic E-state index is 15.5.